The molecule has 0 aromatic carbocycles. The molecule has 16 heteroatoms. The molecule has 0 spiro atoms. The van der Waals surface area contributed by atoms with E-state index in [2.05, 4.69) is 36.7 Å². The maximum absolute atomic E-state index is 10.6. The van der Waals surface area contributed by atoms with Crippen LogP contribution in [0.2, 0.25) is 0 Å². The van der Waals surface area contributed by atoms with Gasteiger partial charge in [0.25, 0.3) is 0 Å². The second-order valence-electron chi connectivity index (χ2n) is 10.4. The second-order valence-corrected chi connectivity index (χ2v) is 10.4. The zero-order valence-corrected chi connectivity index (χ0v) is 28.7. The molecule has 0 aliphatic heterocycles. The topological polar surface area (TPSA) is 268 Å². The van der Waals surface area contributed by atoms with Crippen LogP contribution < -0.4 is 31.3 Å². The van der Waals surface area contributed by atoms with Gasteiger partial charge in [-0.15, -0.1) is 0 Å². The van der Waals surface area contributed by atoms with Crippen LogP contribution in [0.3, 0.4) is 0 Å². The largest absolute Gasteiger partial charge is 3.00 e. The molecule has 46 heavy (non-hydrogen) atoms. The molecule has 0 saturated heterocycles. The Morgan fingerprint density at radius 3 is 0.848 bits per heavy atom. The van der Waals surface area contributed by atoms with Gasteiger partial charge in [0.05, 0.1) is 17.9 Å². The fourth-order valence-corrected chi connectivity index (χ4v) is 3.67. The summed E-state index contributed by atoms with van der Waals surface area (Å²) in [6.45, 7) is 7.94. The summed E-state index contributed by atoms with van der Waals surface area (Å²) < 4.78 is 0. The van der Waals surface area contributed by atoms with Crippen LogP contribution in [0.1, 0.15) is 117 Å². The molecular formula is C30H54AlN3O12. The van der Waals surface area contributed by atoms with E-state index < -0.39 is 53.9 Å². The van der Waals surface area contributed by atoms with Crippen molar-refractivity contribution in [3.05, 3.63) is 0 Å². The number of aliphatic carboxylic acids is 6. The fourth-order valence-electron chi connectivity index (χ4n) is 3.67. The zero-order valence-electron chi connectivity index (χ0n) is 27.6. The molecule has 0 fully saturated rings. The molecule has 0 heterocycles. The van der Waals surface area contributed by atoms with E-state index in [1.807, 2.05) is 0 Å². The Morgan fingerprint density at radius 2 is 0.696 bits per heavy atom. The van der Waals surface area contributed by atoms with Gasteiger partial charge < -0.3 is 61.0 Å². The predicted octanol–water partition coefficient (Wildman–Crippen LogP) is -1.13. The summed E-state index contributed by atoms with van der Waals surface area (Å²) >= 11 is 0. The van der Waals surface area contributed by atoms with Crippen LogP contribution in [-0.4, -0.2) is 106 Å². The summed E-state index contributed by atoms with van der Waals surface area (Å²) in [5.74, 6) is -6.65. The maximum atomic E-state index is 10.6. The van der Waals surface area contributed by atoms with Crippen molar-refractivity contribution >= 4 is 53.2 Å². The Morgan fingerprint density at radius 1 is 0.478 bits per heavy atom. The van der Waals surface area contributed by atoms with E-state index in [0.29, 0.717) is 19.6 Å². The van der Waals surface area contributed by atoms with E-state index in [9.17, 15) is 44.1 Å². The average Bonchev–Trinajstić information content (AvgIpc) is 2.95. The third-order valence-electron chi connectivity index (χ3n) is 6.31. The van der Waals surface area contributed by atoms with Crippen molar-refractivity contribution in [3.63, 3.8) is 0 Å². The standard InChI is InChI=1S/3C10H19NO4.Al/c3*1-2-3-4-7-11-8(10(14)15)5-6-9(12)13;/h3*8,11H,2-7H2,1H3,(H,12,13)(H,14,15);/q;;;+3/p-3/t3*8-;/m000./s1. The Kier molecular flexibility index (Phi) is 38.2. The van der Waals surface area contributed by atoms with E-state index in [1.54, 1.807) is 0 Å². The van der Waals surface area contributed by atoms with Crippen molar-refractivity contribution in [2.24, 2.45) is 0 Å². The first-order valence-electron chi connectivity index (χ1n) is 15.7. The van der Waals surface area contributed by atoms with Gasteiger partial charge in [-0.25, -0.2) is 0 Å². The molecule has 0 radical (unpaired) electrons. The fraction of sp³-hybridized carbons (Fsp3) is 0.800. The summed E-state index contributed by atoms with van der Waals surface area (Å²) in [4.78, 5) is 62.6. The number of carboxylic acid groups (broad SMARTS) is 6. The molecule has 0 unspecified atom stereocenters. The molecule has 0 aromatic heterocycles. The summed E-state index contributed by atoms with van der Waals surface area (Å²) in [5.41, 5.74) is 0. The molecule has 264 valence electrons. The quantitative estimate of drug-likeness (QED) is 0.0444. The summed E-state index contributed by atoms with van der Waals surface area (Å²) in [6.07, 6.45) is 8.74. The first-order valence-corrected chi connectivity index (χ1v) is 15.7. The zero-order chi connectivity index (χ0) is 35.0. The molecule has 0 aliphatic rings. The molecule has 0 saturated carbocycles. The van der Waals surface area contributed by atoms with Crippen molar-refractivity contribution in [2.75, 3.05) is 19.6 Å². The normalized spacial score (nSPS) is 12.1. The Hall–Kier alpha value is -2.77. The molecule has 0 amide bonds. The van der Waals surface area contributed by atoms with E-state index in [1.165, 1.54) is 0 Å². The van der Waals surface area contributed by atoms with Gasteiger partial charge in [-0.1, -0.05) is 59.3 Å². The molecule has 0 rings (SSSR count). The Balaban J connectivity index is -0.000000285. The number of carbonyl (C=O) groups excluding carboxylic acids is 3. The number of rotatable bonds is 27. The van der Waals surface area contributed by atoms with Crippen molar-refractivity contribution in [2.45, 2.75) is 135 Å². The molecule has 0 bridgehead atoms. The SMILES string of the molecule is CCCCCN[C@@H](CCC(=O)O)C(=O)[O-].CCCCCN[C@@H](CCC(=O)O)C(=O)[O-].CCCCCN[C@@H](CCC(=O)O)C(=O)[O-].[Al+3]. The molecule has 0 aliphatic carbocycles. The third kappa shape index (κ3) is 37.4. The van der Waals surface area contributed by atoms with Crippen LogP contribution in [0.5, 0.6) is 0 Å². The van der Waals surface area contributed by atoms with Crippen molar-refractivity contribution in [1.29, 1.82) is 0 Å². The van der Waals surface area contributed by atoms with Crippen molar-refractivity contribution in [1.82, 2.24) is 16.0 Å². The first kappa shape index (κ1) is 50.1. The number of carbonyl (C=O) groups is 6. The minimum absolute atomic E-state index is 0. The summed E-state index contributed by atoms with van der Waals surface area (Å²) in [5, 5.41) is 65.4. The maximum Gasteiger partial charge on any atom is 3.00 e. The number of hydrogen-bond acceptors (Lipinski definition) is 12. The number of carboxylic acids is 6. The Labute approximate surface area is 283 Å². The average molecular weight is 676 g/mol. The van der Waals surface area contributed by atoms with E-state index in [0.717, 1.165) is 57.8 Å². The van der Waals surface area contributed by atoms with E-state index >= 15 is 0 Å². The van der Waals surface area contributed by atoms with Crippen LogP contribution in [0.25, 0.3) is 0 Å². The first-order chi connectivity index (χ1) is 21.2. The van der Waals surface area contributed by atoms with Gasteiger partial charge in [0.15, 0.2) is 0 Å². The Bertz CT molecular complexity index is 728. The van der Waals surface area contributed by atoms with Crippen molar-refractivity contribution in [3.8, 4) is 0 Å². The van der Waals surface area contributed by atoms with Gasteiger partial charge in [0.2, 0.25) is 0 Å². The minimum Gasteiger partial charge on any atom is -0.548 e. The van der Waals surface area contributed by atoms with E-state index in [4.69, 9.17) is 15.3 Å². The smallest absolute Gasteiger partial charge is 0.548 e. The van der Waals surface area contributed by atoms with Crippen molar-refractivity contribution < 1.29 is 59.4 Å². The monoisotopic (exact) mass is 675 g/mol. The minimum atomic E-state index is -1.23. The van der Waals surface area contributed by atoms with Crippen LogP contribution in [0, 0.1) is 0 Å². The predicted molar refractivity (Wildman–Crippen MR) is 165 cm³/mol. The number of unbranched alkanes of at least 4 members (excludes halogenated alkanes) is 6. The van der Waals surface area contributed by atoms with Gasteiger partial charge in [-0.05, 0) is 58.2 Å². The molecular weight excluding hydrogens is 621 g/mol. The molecule has 3 atom stereocenters. The molecule has 15 nitrogen and oxygen atoms in total. The van der Waals surface area contributed by atoms with Gasteiger partial charge >= 0.3 is 35.3 Å². The summed E-state index contributed by atoms with van der Waals surface area (Å²) in [6, 6.07) is -2.55. The molecule has 0 aromatic rings. The summed E-state index contributed by atoms with van der Waals surface area (Å²) in [7, 11) is 0. The van der Waals surface area contributed by atoms with E-state index in [-0.39, 0.29) is 55.9 Å². The van der Waals surface area contributed by atoms with Crippen LogP contribution >= 0.6 is 0 Å². The van der Waals surface area contributed by atoms with Crippen LogP contribution in [0.15, 0.2) is 0 Å². The van der Waals surface area contributed by atoms with Crippen LogP contribution in [0.4, 0.5) is 0 Å². The van der Waals surface area contributed by atoms with Gasteiger partial charge in [-0.2, -0.15) is 0 Å². The third-order valence-corrected chi connectivity index (χ3v) is 6.31. The number of nitrogens with one attached hydrogen (secondary N) is 3. The van der Waals surface area contributed by atoms with Gasteiger partial charge in [0.1, 0.15) is 0 Å². The number of hydrogen-bond donors (Lipinski definition) is 6. The molecule has 6 N–H and O–H groups in total. The van der Waals surface area contributed by atoms with Gasteiger partial charge in [-0.3, -0.25) is 14.4 Å². The second kappa shape index (κ2) is 35.1. The van der Waals surface area contributed by atoms with Gasteiger partial charge in [0, 0.05) is 37.4 Å². The van der Waals surface area contributed by atoms with Crippen LogP contribution in [-0.2, 0) is 28.8 Å².